The fraction of sp³-hybridized carbons (Fsp3) is 0.438. The number of ether oxygens (including phenoxy) is 1. The van der Waals surface area contributed by atoms with E-state index in [4.69, 9.17) is 0 Å². The normalized spacial score (nSPS) is 20.2. The van der Waals surface area contributed by atoms with Gasteiger partial charge in [0.15, 0.2) is 0 Å². The first-order valence-electron chi connectivity index (χ1n) is 7.67. The average Bonchev–Trinajstić information content (AvgIpc) is 2.90. The van der Waals surface area contributed by atoms with Gasteiger partial charge in [0.05, 0.1) is 13.2 Å². The van der Waals surface area contributed by atoms with E-state index in [1.54, 1.807) is 21.9 Å². The van der Waals surface area contributed by atoms with Crippen molar-refractivity contribution < 1.29 is 23.5 Å². The van der Waals surface area contributed by atoms with Gasteiger partial charge in [0.25, 0.3) is 0 Å². The fourth-order valence-corrected chi connectivity index (χ4v) is 3.12. The van der Waals surface area contributed by atoms with Crippen molar-refractivity contribution in [3.8, 4) is 0 Å². The molecule has 0 bridgehead atoms. The standard InChI is InChI=1S/C16H18FN3O4/c1-24-15(22)14(21)18-6-7-20-13(9-18)10-19(16(20)23)8-11-2-4-12(17)5-3-11/h2-5,13H,6-10H2,1H3. The fourth-order valence-electron chi connectivity index (χ4n) is 3.12. The van der Waals surface area contributed by atoms with Crippen LogP contribution in [0.25, 0.3) is 0 Å². The molecule has 2 aliphatic rings. The first-order valence-corrected chi connectivity index (χ1v) is 7.67. The highest BCUT2D eigenvalue weighted by Crippen LogP contribution is 2.22. The summed E-state index contributed by atoms with van der Waals surface area (Å²) in [5.41, 5.74) is 0.840. The van der Waals surface area contributed by atoms with Gasteiger partial charge in [0.1, 0.15) is 5.82 Å². The lowest BCUT2D eigenvalue weighted by molar-refractivity contribution is -0.159. The van der Waals surface area contributed by atoms with Crippen LogP contribution in [0.1, 0.15) is 5.56 Å². The van der Waals surface area contributed by atoms with Crippen LogP contribution in [0.4, 0.5) is 9.18 Å². The maximum absolute atomic E-state index is 13.0. The summed E-state index contributed by atoms with van der Waals surface area (Å²) in [6.07, 6.45) is 0. The van der Waals surface area contributed by atoms with E-state index in [9.17, 15) is 18.8 Å². The van der Waals surface area contributed by atoms with Gasteiger partial charge in [-0.25, -0.2) is 14.0 Å². The Hall–Kier alpha value is -2.64. The maximum atomic E-state index is 13.0. The highest BCUT2D eigenvalue weighted by atomic mass is 19.1. The Balaban J connectivity index is 1.65. The summed E-state index contributed by atoms with van der Waals surface area (Å²) < 4.78 is 17.4. The Bertz CT molecular complexity index is 664. The van der Waals surface area contributed by atoms with Crippen LogP contribution in [0.3, 0.4) is 0 Å². The zero-order valence-corrected chi connectivity index (χ0v) is 13.3. The number of rotatable bonds is 2. The first-order chi connectivity index (χ1) is 11.5. The van der Waals surface area contributed by atoms with Gasteiger partial charge < -0.3 is 19.4 Å². The lowest BCUT2D eigenvalue weighted by atomic mass is 10.2. The number of benzene rings is 1. The van der Waals surface area contributed by atoms with E-state index in [1.807, 2.05) is 0 Å². The number of hydrogen-bond donors (Lipinski definition) is 0. The predicted molar refractivity (Wildman–Crippen MR) is 81.3 cm³/mol. The number of hydrogen-bond acceptors (Lipinski definition) is 4. The number of fused-ring (bicyclic) bond motifs is 1. The van der Waals surface area contributed by atoms with Crippen molar-refractivity contribution in [3.05, 3.63) is 35.6 Å². The van der Waals surface area contributed by atoms with Crippen LogP contribution in [-0.2, 0) is 20.9 Å². The second-order valence-electron chi connectivity index (χ2n) is 5.88. The van der Waals surface area contributed by atoms with E-state index in [0.717, 1.165) is 5.56 Å². The van der Waals surface area contributed by atoms with E-state index < -0.39 is 11.9 Å². The average molecular weight is 335 g/mol. The van der Waals surface area contributed by atoms with Gasteiger partial charge in [-0.2, -0.15) is 0 Å². The number of methoxy groups -OCH3 is 1. The monoisotopic (exact) mass is 335 g/mol. The highest BCUT2D eigenvalue weighted by molar-refractivity contribution is 6.32. The summed E-state index contributed by atoms with van der Waals surface area (Å²) in [4.78, 5) is 40.5. The van der Waals surface area contributed by atoms with Gasteiger partial charge in [-0.05, 0) is 17.7 Å². The molecule has 1 atom stereocenters. The number of amides is 3. The molecule has 24 heavy (non-hydrogen) atoms. The third kappa shape index (κ3) is 3.04. The number of urea groups is 1. The second-order valence-corrected chi connectivity index (χ2v) is 5.88. The van der Waals surface area contributed by atoms with Crippen molar-refractivity contribution in [3.63, 3.8) is 0 Å². The van der Waals surface area contributed by atoms with Crippen LogP contribution < -0.4 is 0 Å². The Morgan fingerprint density at radius 1 is 1.21 bits per heavy atom. The number of carbonyl (C=O) groups excluding carboxylic acids is 3. The molecule has 0 N–H and O–H groups in total. The summed E-state index contributed by atoms with van der Waals surface area (Å²) in [5, 5.41) is 0. The molecule has 7 nitrogen and oxygen atoms in total. The Kier molecular flexibility index (Phi) is 4.37. The van der Waals surface area contributed by atoms with Gasteiger partial charge in [-0.3, -0.25) is 4.79 Å². The molecule has 0 spiro atoms. The van der Waals surface area contributed by atoms with Gasteiger partial charge in [-0.15, -0.1) is 0 Å². The second kappa shape index (κ2) is 6.46. The molecule has 2 aliphatic heterocycles. The number of halogens is 1. The molecule has 128 valence electrons. The maximum Gasteiger partial charge on any atom is 0.396 e. The minimum absolute atomic E-state index is 0.102. The van der Waals surface area contributed by atoms with Crippen LogP contribution in [0, 0.1) is 5.82 Å². The zero-order chi connectivity index (χ0) is 17.3. The van der Waals surface area contributed by atoms with E-state index in [0.29, 0.717) is 32.7 Å². The summed E-state index contributed by atoms with van der Waals surface area (Å²) in [5.74, 6) is -1.89. The minimum atomic E-state index is -0.893. The topological polar surface area (TPSA) is 70.2 Å². The molecule has 2 fully saturated rings. The van der Waals surface area contributed by atoms with Crippen molar-refractivity contribution >= 4 is 17.9 Å². The number of carbonyl (C=O) groups is 3. The van der Waals surface area contributed by atoms with Gasteiger partial charge in [0, 0.05) is 32.7 Å². The lowest BCUT2D eigenvalue weighted by Gasteiger charge is -2.35. The molecule has 8 heteroatoms. The third-order valence-electron chi connectivity index (χ3n) is 4.36. The molecular weight excluding hydrogens is 317 g/mol. The minimum Gasteiger partial charge on any atom is -0.462 e. The van der Waals surface area contributed by atoms with Crippen molar-refractivity contribution in [2.24, 2.45) is 0 Å². The Morgan fingerprint density at radius 2 is 1.92 bits per heavy atom. The quantitative estimate of drug-likeness (QED) is 0.581. The van der Waals surface area contributed by atoms with E-state index >= 15 is 0 Å². The molecule has 0 saturated carbocycles. The van der Waals surface area contributed by atoms with Gasteiger partial charge in [-0.1, -0.05) is 12.1 Å². The summed E-state index contributed by atoms with van der Waals surface area (Å²) in [7, 11) is 1.17. The molecule has 1 aromatic carbocycles. The molecule has 2 heterocycles. The molecule has 1 unspecified atom stereocenters. The van der Waals surface area contributed by atoms with Crippen molar-refractivity contribution in [2.45, 2.75) is 12.6 Å². The van der Waals surface area contributed by atoms with Crippen LogP contribution in [0.5, 0.6) is 0 Å². The zero-order valence-electron chi connectivity index (χ0n) is 13.3. The SMILES string of the molecule is COC(=O)C(=O)N1CCN2C(=O)N(Cc3ccc(F)cc3)CC2C1. The molecule has 0 aliphatic carbocycles. The first kappa shape index (κ1) is 16.2. The predicted octanol–water partition coefficient (Wildman–Crippen LogP) is 0.447. The number of esters is 1. The molecule has 3 rings (SSSR count). The molecule has 0 radical (unpaired) electrons. The summed E-state index contributed by atoms with van der Waals surface area (Å²) in [6.45, 7) is 1.84. The molecule has 2 saturated heterocycles. The highest BCUT2D eigenvalue weighted by Gasteiger charge is 2.42. The largest absolute Gasteiger partial charge is 0.462 e. The van der Waals surface area contributed by atoms with Crippen molar-refractivity contribution in [1.29, 1.82) is 0 Å². The van der Waals surface area contributed by atoms with Gasteiger partial charge >= 0.3 is 17.9 Å². The molecule has 3 amide bonds. The van der Waals surface area contributed by atoms with E-state index in [1.165, 1.54) is 24.1 Å². The summed E-state index contributed by atoms with van der Waals surface area (Å²) in [6, 6.07) is 5.76. The van der Waals surface area contributed by atoms with Crippen molar-refractivity contribution in [1.82, 2.24) is 14.7 Å². The summed E-state index contributed by atoms with van der Waals surface area (Å²) >= 11 is 0. The Morgan fingerprint density at radius 3 is 2.58 bits per heavy atom. The Labute approximate surface area is 138 Å². The molecular formula is C16H18FN3O4. The third-order valence-corrected chi connectivity index (χ3v) is 4.36. The van der Waals surface area contributed by atoms with Crippen LogP contribution in [0.15, 0.2) is 24.3 Å². The smallest absolute Gasteiger partial charge is 0.396 e. The van der Waals surface area contributed by atoms with Crippen LogP contribution in [-0.4, -0.2) is 71.9 Å². The van der Waals surface area contributed by atoms with Crippen LogP contribution in [0.2, 0.25) is 0 Å². The molecule has 1 aromatic rings. The molecule has 0 aromatic heterocycles. The lowest BCUT2D eigenvalue weighted by Crippen LogP contribution is -2.55. The van der Waals surface area contributed by atoms with Gasteiger partial charge in [0.2, 0.25) is 0 Å². The van der Waals surface area contributed by atoms with E-state index in [-0.39, 0.29) is 17.9 Å². The van der Waals surface area contributed by atoms with E-state index in [2.05, 4.69) is 4.74 Å². The number of nitrogens with zero attached hydrogens (tertiary/aromatic N) is 3. The number of piperazine rings is 1. The van der Waals surface area contributed by atoms with Crippen molar-refractivity contribution in [2.75, 3.05) is 33.3 Å². The van der Waals surface area contributed by atoms with Crippen LogP contribution >= 0.6 is 0 Å².